The van der Waals surface area contributed by atoms with Gasteiger partial charge in [0.15, 0.2) is 5.82 Å². The Morgan fingerprint density at radius 1 is 1.60 bits per heavy atom. The summed E-state index contributed by atoms with van der Waals surface area (Å²) in [5, 5.41) is 7.87. The molecule has 2 aromatic heterocycles. The Hall–Kier alpha value is -0.910. The van der Waals surface area contributed by atoms with E-state index in [4.69, 9.17) is 10.3 Å². The molecule has 0 spiro atoms. The average Bonchev–Trinajstić information content (AvgIpc) is 2.88. The quantitative estimate of drug-likeness (QED) is 0.900. The molecule has 2 aromatic rings. The fourth-order valence-corrected chi connectivity index (χ4v) is 1.94. The number of rotatable bonds is 3. The number of hydrogen-bond acceptors (Lipinski definition) is 5. The van der Waals surface area contributed by atoms with Crippen LogP contribution in [-0.2, 0) is 6.54 Å². The zero-order valence-electron chi connectivity index (χ0n) is 8.21. The van der Waals surface area contributed by atoms with Crippen molar-refractivity contribution in [1.82, 2.24) is 10.1 Å². The smallest absolute Gasteiger partial charge is 0.233 e. The van der Waals surface area contributed by atoms with Gasteiger partial charge in [-0.2, -0.15) is 16.3 Å². The Morgan fingerprint density at radius 2 is 2.40 bits per heavy atom. The molecule has 2 rings (SSSR count). The number of nitrogens with two attached hydrogens (primary N) is 1. The standard InChI is InChI=1S/C9H11N3OS.ClH/c1-6(7-2-3-14-5-7)9-11-8(4-10)12-13-9;/h2-3,5-6H,4,10H2,1H3;1H. The summed E-state index contributed by atoms with van der Waals surface area (Å²) >= 11 is 1.66. The highest BCUT2D eigenvalue weighted by Gasteiger charge is 2.15. The summed E-state index contributed by atoms with van der Waals surface area (Å²) in [6.45, 7) is 2.36. The molecule has 6 heteroatoms. The minimum absolute atomic E-state index is 0. The van der Waals surface area contributed by atoms with Crippen LogP contribution in [0.2, 0.25) is 0 Å². The van der Waals surface area contributed by atoms with Crippen molar-refractivity contribution in [2.24, 2.45) is 5.73 Å². The summed E-state index contributed by atoms with van der Waals surface area (Å²) in [6, 6.07) is 2.06. The molecular weight excluding hydrogens is 234 g/mol. The van der Waals surface area contributed by atoms with E-state index in [9.17, 15) is 0 Å². The molecule has 0 aliphatic rings. The van der Waals surface area contributed by atoms with Crippen molar-refractivity contribution in [3.63, 3.8) is 0 Å². The molecule has 2 N–H and O–H groups in total. The lowest BCUT2D eigenvalue weighted by Gasteiger charge is -2.01. The van der Waals surface area contributed by atoms with Gasteiger partial charge in [0.1, 0.15) is 0 Å². The van der Waals surface area contributed by atoms with Crippen LogP contribution in [0.15, 0.2) is 21.3 Å². The third kappa shape index (κ3) is 2.56. The third-order valence-electron chi connectivity index (χ3n) is 2.08. The Balaban J connectivity index is 0.00000112. The lowest BCUT2D eigenvalue weighted by molar-refractivity contribution is 0.366. The first-order valence-electron chi connectivity index (χ1n) is 4.36. The maximum Gasteiger partial charge on any atom is 0.233 e. The lowest BCUT2D eigenvalue weighted by Crippen LogP contribution is -1.99. The van der Waals surface area contributed by atoms with E-state index in [-0.39, 0.29) is 18.3 Å². The second kappa shape index (κ2) is 5.25. The number of aromatic nitrogens is 2. The predicted octanol–water partition coefficient (Wildman–Crippen LogP) is 2.16. The van der Waals surface area contributed by atoms with Crippen molar-refractivity contribution in [3.05, 3.63) is 34.1 Å². The van der Waals surface area contributed by atoms with Gasteiger partial charge >= 0.3 is 0 Å². The van der Waals surface area contributed by atoms with Crippen molar-refractivity contribution < 1.29 is 4.52 Å². The normalized spacial score (nSPS) is 12.1. The molecule has 0 aromatic carbocycles. The van der Waals surface area contributed by atoms with Gasteiger partial charge in [-0.05, 0) is 29.3 Å². The second-order valence-electron chi connectivity index (χ2n) is 3.03. The highest BCUT2D eigenvalue weighted by atomic mass is 35.5. The van der Waals surface area contributed by atoms with E-state index >= 15 is 0 Å². The van der Waals surface area contributed by atoms with Crippen molar-refractivity contribution in [3.8, 4) is 0 Å². The molecule has 1 atom stereocenters. The van der Waals surface area contributed by atoms with Gasteiger partial charge in [-0.1, -0.05) is 5.16 Å². The maximum absolute atomic E-state index is 5.40. The van der Waals surface area contributed by atoms with Gasteiger partial charge in [-0.25, -0.2) is 0 Å². The summed E-state index contributed by atoms with van der Waals surface area (Å²) in [5.41, 5.74) is 6.60. The molecule has 0 radical (unpaired) electrons. The molecule has 2 heterocycles. The summed E-state index contributed by atoms with van der Waals surface area (Å²) in [4.78, 5) is 4.19. The van der Waals surface area contributed by atoms with E-state index in [0.717, 1.165) is 0 Å². The molecular formula is C9H12ClN3OS. The van der Waals surface area contributed by atoms with Crippen molar-refractivity contribution in [2.75, 3.05) is 0 Å². The van der Waals surface area contributed by atoms with Gasteiger partial charge in [-0.3, -0.25) is 0 Å². The van der Waals surface area contributed by atoms with Crippen LogP contribution < -0.4 is 5.73 Å². The molecule has 1 unspecified atom stereocenters. The van der Waals surface area contributed by atoms with Gasteiger partial charge in [-0.15, -0.1) is 12.4 Å². The lowest BCUT2D eigenvalue weighted by atomic mass is 10.1. The van der Waals surface area contributed by atoms with Crippen LogP contribution in [0.1, 0.15) is 30.1 Å². The molecule has 0 bridgehead atoms. The van der Waals surface area contributed by atoms with E-state index in [1.54, 1.807) is 11.3 Å². The number of halogens is 1. The van der Waals surface area contributed by atoms with Crippen molar-refractivity contribution >= 4 is 23.7 Å². The van der Waals surface area contributed by atoms with Gasteiger partial charge in [0.25, 0.3) is 0 Å². The minimum Gasteiger partial charge on any atom is -0.339 e. The summed E-state index contributed by atoms with van der Waals surface area (Å²) < 4.78 is 5.10. The summed E-state index contributed by atoms with van der Waals surface area (Å²) in [7, 11) is 0. The van der Waals surface area contributed by atoms with Gasteiger partial charge in [0.2, 0.25) is 5.89 Å². The van der Waals surface area contributed by atoms with Gasteiger partial charge in [0, 0.05) is 0 Å². The van der Waals surface area contributed by atoms with E-state index < -0.39 is 0 Å². The first-order chi connectivity index (χ1) is 6.81. The zero-order valence-corrected chi connectivity index (χ0v) is 9.85. The topological polar surface area (TPSA) is 64.9 Å². The first-order valence-corrected chi connectivity index (χ1v) is 5.30. The minimum atomic E-state index is 0. The van der Waals surface area contributed by atoms with Crippen LogP contribution >= 0.6 is 23.7 Å². The van der Waals surface area contributed by atoms with Crippen LogP contribution in [0.25, 0.3) is 0 Å². The molecule has 15 heavy (non-hydrogen) atoms. The SMILES string of the molecule is CC(c1ccsc1)c1nc(CN)no1.Cl. The third-order valence-corrected chi connectivity index (χ3v) is 2.78. The molecule has 0 aliphatic carbocycles. The fraction of sp³-hybridized carbons (Fsp3) is 0.333. The Kier molecular flexibility index (Phi) is 4.26. The van der Waals surface area contributed by atoms with E-state index in [2.05, 4.69) is 21.6 Å². The summed E-state index contributed by atoms with van der Waals surface area (Å²) in [5.74, 6) is 1.33. The van der Waals surface area contributed by atoms with Crippen molar-refractivity contribution in [2.45, 2.75) is 19.4 Å². The monoisotopic (exact) mass is 245 g/mol. The molecule has 4 nitrogen and oxygen atoms in total. The summed E-state index contributed by atoms with van der Waals surface area (Å²) in [6.07, 6.45) is 0. The van der Waals surface area contributed by atoms with Crippen LogP contribution in [0.3, 0.4) is 0 Å². The molecule has 0 saturated heterocycles. The fourth-order valence-electron chi connectivity index (χ4n) is 1.19. The highest BCUT2D eigenvalue weighted by Crippen LogP contribution is 2.24. The Bertz CT molecular complexity index is 401. The molecule has 0 aliphatic heterocycles. The number of nitrogens with zero attached hydrogens (tertiary/aromatic N) is 2. The van der Waals surface area contributed by atoms with Gasteiger partial charge in [0.05, 0.1) is 12.5 Å². The molecule has 0 amide bonds. The largest absolute Gasteiger partial charge is 0.339 e. The Labute approximate surface area is 97.9 Å². The Morgan fingerprint density at radius 3 is 2.93 bits per heavy atom. The molecule has 82 valence electrons. The zero-order chi connectivity index (χ0) is 9.97. The molecule has 0 saturated carbocycles. The number of thiophene rings is 1. The highest BCUT2D eigenvalue weighted by molar-refractivity contribution is 7.07. The average molecular weight is 246 g/mol. The van der Waals surface area contributed by atoms with Crippen LogP contribution in [-0.4, -0.2) is 10.1 Å². The second-order valence-corrected chi connectivity index (χ2v) is 3.81. The molecule has 0 fully saturated rings. The van der Waals surface area contributed by atoms with Gasteiger partial charge < -0.3 is 10.3 Å². The predicted molar refractivity (Wildman–Crippen MR) is 61.3 cm³/mol. The maximum atomic E-state index is 5.40. The number of hydrogen-bond donors (Lipinski definition) is 1. The van der Waals surface area contributed by atoms with E-state index in [0.29, 0.717) is 18.3 Å². The van der Waals surface area contributed by atoms with Crippen molar-refractivity contribution in [1.29, 1.82) is 0 Å². The van der Waals surface area contributed by atoms with Crippen LogP contribution in [0.4, 0.5) is 0 Å². The van der Waals surface area contributed by atoms with Crippen LogP contribution in [0, 0.1) is 0 Å². The van der Waals surface area contributed by atoms with E-state index in [1.165, 1.54) is 5.56 Å². The van der Waals surface area contributed by atoms with E-state index in [1.807, 2.05) is 12.3 Å². The first kappa shape index (κ1) is 12.2. The van der Waals surface area contributed by atoms with Crippen LogP contribution in [0.5, 0.6) is 0 Å².